The van der Waals surface area contributed by atoms with E-state index >= 15 is 0 Å². The van der Waals surface area contributed by atoms with E-state index in [0.29, 0.717) is 10.9 Å². The molecule has 104 valence electrons. The van der Waals surface area contributed by atoms with Gasteiger partial charge in [0.1, 0.15) is 17.6 Å². The summed E-state index contributed by atoms with van der Waals surface area (Å²) in [4.78, 5) is 19.3. The average molecular weight is 293 g/mol. The van der Waals surface area contributed by atoms with Gasteiger partial charge in [0.25, 0.3) is 0 Å². The number of halogens is 1. The van der Waals surface area contributed by atoms with Crippen LogP contribution in [0.4, 0.5) is 0 Å². The first-order valence-electron chi connectivity index (χ1n) is 6.00. The Morgan fingerprint density at radius 3 is 2.70 bits per heavy atom. The van der Waals surface area contributed by atoms with Crippen LogP contribution in [0, 0.1) is 0 Å². The first-order valence-corrected chi connectivity index (χ1v) is 6.38. The second-order valence-electron chi connectivity index (χ2n) is 4.48. The van der Waals surface area contributed by atoms with Gasteiger partial charge in [-0.25, -0.2) is 14.8 Å². The van der Waals surface area contributed by atoms with Crippen LogP contribution in [0.2, 0.25) is 5.02 Å². The first kappa shape index (κ1) is 14.3. The van der Waals surface area contributed by atoms with Crippen LogP contribution in [-0.2, 0) is 0 Å². The third kappa shape index (κ3) is 3.24. The number of benzene rings is 1. The van der Waals surface area contributed by atoms with E-state index in [1.807, 2.05) is 13.8 Å². The van der Waals surface area contributed by atoms with E-state index in [4.69, 9.17) is 21.4 Å². The Morgan fingerprint density at radius 1 is 1.30 bits per heavy atom. The molecule has 0 fully saturated rings. The summed E-state index contributed by atoms with van der Waals surface area (Å²) in [5.74, 6) is -0.394. The smallest absolute Gasteiger partial charge is 0.339 e. The molecule has 0 bridgehead atoms. The molecule has 20 heavy (non-hydrogen) atoms. The molecule has 0 unspecified atom stereocenters. The van der Waals surface area contributed by atoms with Crippen LogP contribution in [0.25, 0.3) is 0 Å². The van der Waals surface area contributed by atoms with Gasteiger partial charge in [0, 0.05) is 11.1 Å². The van der Waals surface area contributed by atoms with Crippen molar-refractivity contribution < 1.29 is 14.6 Å². The molecule has 0 spiro atoms. The number of carboxylic acids is 1. The summed E-state index contributed by atoms with van der Waals surface area (Å²) in [5, 5.41) is 9.47. The molecule has 0 aliphatic carbocycles. The average Bonchev–Trinajstić information content (AvgIpc) is 2.41. The van der Waals surface area contributed by atoms with Crippen LogP contribution < -0.4 is 4.74 Å². The van der Waals surface area contributed by atoms with Crippen molar-refractivity contribution in [3.63, 3.8) is 0 Å². The highest BCUT2D eigenvalue weighted by Crippen LogP contribution is 2.27. The molecule has 0 saturated carbocycles. The normalized spacial score (nSPS) is 10.6. The molecule has 0 amide bonds. The maximum atomic E-state index is 11.2. The molecule has 0 aliphatic rings. The van der Waals surface area contributed by atoms with Gasteiger partial charge in [-0.2, -0.15) is 0 Å². The maximum absolute atomic E-state index is 11.2. The number of aromatic nitrogens is 2. The molecule has 2 aromatic rings. The van der Waals surface area contributed by atoms with E-state index in [1.54, 1.807) is 12.1 Å². The Kier molecular flexibility index (Phi) is 4.20. The largest absolute Gasteiger partial charge is 0.478 e. The van der Waals surface area contributed by atoms with Crippen LogP contribution in [0.1, 0.15) is 35.8 Å². The Morgan fingerprint density at radius 2 is 2.05 bits per heavy atom. The minimum Gasteiger partial charge on any atom is -0.478 e. The van der Waals surface area contributed by atoms with Gasteiger partial charge in [-0.05, 0) is 24.1 Å². The SMILES string of the molecule is CC(C)c1cc(Oc2ccc(Cl)cc2C(=O)O)ncn1. The number of nitrogens with zero attached hydrogens (tertiary/aromatic N) is 2. The molecule has 1 aromatic heterocycles. The lowest BCUT2D eigenvalue weighted by atomic mass is 10.1. The zero-order valence-corrected chi connectivity index (χ0v) is 11.8. The lowest BCUT2D eigenvalue weighted by Crippen LogP contribution is -2.01. The van der Waals surface area contributed by atoms with Crippen LogP contribution >= 0.6 is 11.6 Å². The Hall–Kier alpha value is -2.14. The van der Waals surface area contributed by atoms with Crippen molar-refractivity contribution in [3.05, 3.63) is 46.9 Å². The van der Waals surface area contributed by atoms with E-state index < -0.39 is 5.97 Å². The van der Waals surface area contributed by atoms with E-state index in [1.165, 1.54) is 18.5 Å². The third-order valence-electron chi connectivity index (χ3n) is 2.64. The minimum absolute atomic E-state index is 0.0118. The highest BCUT2D eigenvalue weighted by Gasteiger charge is 2.14. The predicted octanol–water partition coefficient (Wildman–Crippen LogP) is 3.74. The zero-order chi connectivity index (χ0) is 14.7. The number of carboxylic acid groups (broad SMARTS) is 1. The molecular formula is C14H13ClN2O3. The Labute approximate surface area is 121 Å². The van der Waals surface area contributed by atoms with Crippen LogP contribution in [0.5, 0.6) is 11.6 Å². The highest BCUT2D eigenvalue weighted by atomic mass is 35.5. The molecule has 5 nitrogen and oxygen atoms in total. The number of hydrogen-bond donors (Lipinski definition) is 1. The van der Waals surface area contributed by atoms with Crippen LogP contribution in [0.3, 0.4) is 0 Å². The number of aromatic carboxylic acids is 1. The molecule has 1 aromatic carbocycles. The van der Waals surface area contributed by atoms with Crippen LogP contribution in [0.15, 0.2) is 30.6 Å². The summed E-state index contributed by atoms with van der Waals surface area (Å²) in [6.45, 7) is 3.99. The molecule has 6 heteroatoms. The highest BCUT2D eigenvalue weighted by molar-refractivity contribution is 6.31. The van der Waals surface area contributed by atoms with Gasteiger partial charge in [-0.15, -0.1) is 0 Å². The molecule has 1 N–H and O–H groups in total. The van der Waals surface area contributed by atoms with Gasteiger partial charge in [0.15, 0.2) is 0 Å². The first-order chi connectivity index (χ1) is 9.47. The fourth-order valence-electron chi connectivity index (χ4n) is 1.60. The minimum atomic E-state index is -1.11. The lowest BCUT2D eigenvalue weighted by Gasteiger charge is -2.10. The second kappa shape index (κ2) is 5.88. The van der Waals surface area contributed by atoms with Gasteiger partial charge in [0.2, 0.25) is 5.88 Å². The number of carbonyl (C=O) groups is 1. The third-order valence-corrected chi connectivity index (χ3v) is 2.88. The van der Waals surface area contributed by atoms with E-state index in [9.17, 15) is 4.79 Å². The zero-order valence-electron chi connectivity index (χ0n) is 11.0. The van der Waals surface area contributed by atoms with Crippen molar-refractivity contribution in [2.24, 2.45) is 0 Å². The van der Waals surface area contributed by atoms with E-state index in [-0.39, 0.29) is 17.2 Å². The van der Waals surface area contributed by atoms with Crippen molar-refractivity contribution in [3.8, 4) is 11.6 Å². The Bertz CT molecular complexity index is 644. The van der Waals surface area contributed by atoms with Crippen molar-refractivity contribution in [2.45, 2.75) is 19.8 Å². The lowest BCUT2D eigenvalue weighted by molar-refractivity contribution is 0.0694. The molecule has 0 aliphatic heterocycles. The molecular weight excluding hydrogens is 280 g/mol. The summed E-state index contributed by atoms with van der Waals surface area (Å²) in [6, 6.07) is 6.09. The summed E-state index contributed by atoms with van der Waals surface area (Å²) >= 11 is 5.79. The monoisotopic (exact) mass is 292 g/mol. The Balaban J connectivity index is 2.35. The summed E-state index contributed by atoms with van der Waals surface area (Å²) in [5.41, 5.74) is 0.808. The van der Waals surface area contributed by atoms with Gasteiger partial charge in [-0.3, -0.25) is 0 Å². The topological polar surface area (TPSA) is 72.3 Å². The van der Waals surface area contributed by atoms with Crippen molar-refractivity contribution in [1.29, 1.82) is 0 Å². The molecule has 1 heterocycles. The fourth-order valence-corrected chi connectivity index (χ4v) is 1.77. The number of ether oxygens (including phenoxy) is 1. The number of hydrogen-bond acceptors (Lipinski definition) is 4. The summed E-state index contributed by atoms with van der Waals surface area (Å²) < 4.78 is 5.53. The maximum Gasteiger partial charge on any atom is 0.339 e. The molecule has 0 saturated heterocycles. The van der Waals surface area contributed by atoms with Crippen LogP contribution in [-0.4, -0.2) is 21.0 Å². The van der Waals surface area contributed by atoms with Crippen molar-refractivity contribution in [1.82, 2.24) is 9.97 Å². The van der Waals surface area contributed by atoms with Gasteiger partial charge >= 0.3 is 5.97 Å². The predicted molar refractivity (Wildman–Crippen MR) is 74.6 cm³/mol. The van der Waals surface area contributed by atoms with Crippen molar-refractivity contribution in [2.75, 3.05) is 0 Å². The fraction of sp³-hybridized carbons (Fsp3) is 0.214. The standard InChI is InChI=1S/C14H13ClN2O3/c1-8(2)11-6-13(17-7-16-11)20-12-4-3-9(15)5-10(12)14(18)19/h3-8H,1-2H3,(H,18,19). The summed E-state index contributed by atoms with van der Waals surface area (Å²) in [6.07, 6.45) is 1.39. The second-order valence-corrected chi connectivity index (χ2v) is 4.92. The summed E-state index contributed by atoms with van der Waals surface area (Å²) in [7, 11) is 0. The van der Waals surface area contributed by atoms with Gasteiger partial charge in [-0.1, -0.05) is 25.4 Å². The molecule has 0 radical (unpaired) electrons. The molecule has 2 rings (SSSR count). The quantitative estimate of drug-likeness (QED) is 0.929. The van der Waals surface area contributed by atoms with E-state index in [0.717, 1.165) is 5.69 Å². The number of rotatable bonds is 4. The van der Waals surface area contributed by atoms with E-state index in [2.05, 4.69) is 9.97 Å². The van der Waals surface area contributed by atoms with Gasteiger partial charge < -0.3 is 9.84 Å². The van der Waals surface area contributed by atoms with Crippen molar-refractivity contribution >= 4 is 17.6 Å². The molecule has 0 atom stereocenters. The van der Waals surface area contributed by atoms with Gasteiger partial charge in [0.05, 0.1) is 5.69 Å².